The third-order valence-corrected chi connectivity index (χ3v) is 8.69. The Morgan fingerprint density at radius 2 is 0.927 bits per heavy atom. The quantitative estimate of drug-likeness (QED) is 0.123. The first-order valence-corrected chi connectivity index (χ1v) is 17.6. The smallest absolute Gasteiger partial charge is 0.161 e. The maximum atomic E-state index is 9.69. The molecule has 0 radical (unpaired) electrons. The predicted octanol–water partition coefficient (Wildman–Crippen LogP) is 8.79. The van der Waals surface area contributed by atoms with Crippen LogP contribution in [-0.2, 0) is 19.4 Å². The van der Waals surface area contributed by atoms with Gasteiger partial charge in [0, 0.05) is 35.4 Å². The summed E-state index contributed by atoms with van der Waals surface area (Å²) in [5, 5.41) is 9.69. The summed E-state index contributed by atoms with van der Waals surface area (Å²) < 4.78 is 27.5. The van der Waals surface area contributed by atoms with Gasteiger partial charge in [0.15, 0.2) is 23.0 Å². The fourth-order valence-corrected chi connectivity index (χ4v) is 5.92. The highest BCUT2D eigenvalue weighted by Crippen LogP contribution is 2.32. The summed E-state index contributed by atoms with van der Waals surface area (Å²) in [5.41, 5.74) is 8.47. The normalized spacial score (nSPS) is 10.5. The molecular formula is C45H42N4O6. The molecule has 55 heavy (non-hydrogen) atoms. The van der Waals surface area contributed by atoms with Crippen LogP contribution in [0.25, 0.3) is 22.5 Å². The van der Waals surface area contributed by atoms with Crippen LogP contribution >= 0.6 is 0 Å². The fraction of sp³-hybridized carbons (Fsp3) is 0.156. The van der Waals surface area contributed by atoms with E-state index in [9.17, 15) is 5.11 Å². The fourth-order valence-electron chi connectivity index (χ4n) is 5.92. The lowest BCUT2D eigenvalue weighted by Gasteiger charge is -2.13. The van der Waals surface area contributed by atoms with Crippen molar-refractivity contribution in [2.75, 3.05) is 28.4 Å². The Kier molecular flexibility index (Phi) is 12.9. The van der Waals surface area contributed by atoms with Crippen LogP contribution in [0.4, 0.5) is 0 Å². The third-order valence-electron chi connectivity index (χ3n) is 8.69. The Balaban J connectivity index is 0.000000193. The topological polar surface area (TPSA) is 118 Å². The first kappa shape index (κ1) is 37.8. The van der Waals surface area contributed by atoms with E-state index in [0.717, 1.165) is 62.1 Å². The molecule has 2 heterocycles. The molecule has 0 unspecified atom stereocenters. The minimum Gasteiger partial charge on any atom is -0.504 e. The second-order valence-corrected chi connectivity index (χ2v) is 12.3. The largest absolute Gasteiger partial charge is 0.504 e. The van der Waals surface area contributed by atoms with E-state index in [1.165, 1.54) is 7.11 Å². The van der Waals surface area contributed by atoms with E-state index in [0.29, 0.717) is 36.7 Å². The van der Waals surface area contributed by atoms with Gasteiger partial charge >= 0.3 is 0 Å². The van der Waals surface area contributed by atoms with Crippen LogP contribution in [0.1, 0.15) is 28.1 Å². The predicted molar refractivity (Wildman–Crippen MR) is 212 cm³/mol. The van der Waals surface area contributed by atoms with Crippen LogP contribution in [-0.4, -0.2) is 53.5 Å². The van der Waals surface area contributed by atoms with Crippen molar-refractivity contribution in [3.63, 3.8) is 0 Å². The minimum absolute atomic E-state index is 0.124. The summed E-state index contributed by atoms with van der Waals surface area (Å²) in [6.45, 7) is 0.491. The van der Waals surface area contributed by atoms with Crippen molar-refractivity contribution in [1.29, 1.82) is 0 Å². The average Bonchev–Trinajstić information content (AvgIpc) is 3.24. The average molecular weight is 735 g/mol. The Morgan fingerprint density at radius 3 is 1.47 bits per heavy atom. The van der Waals surface area contributed by atoms with E-state index in [1.807, 2.05) is 115 Å². The first-order chi connectivity index (χ1) is 27.0. The number of rotatable bonds is 13. The summed E-state index contributed by atoms with van der Waals surface area (Å²) in [4.78, 5) is 17.6. The van der Waals surface area contributed by atoms with Gasteiger partial charge in [0.1, 0.15) is 30.8 Å². The molecule has 0 bridgehead atoms. The number of benzene rings is 5. The summed E-state index contributed by atoms with van der Waals surface area (Å²) in [5.74, 6) is 3.55. The van der Waals surface area contributed by atoms with Gasteiger partial charge < -0.3 is 28.8 Å². The molecule has 0 spiro atoms. The van der Waals surface area contributed by atoms with E-state index in [1.54, 1.807) is 46.1 Å². The van der Waals surface area contributed by atoms with Crippen molar-refractivity contribution < 1.29 is 28.8 Å². The number of methoxy groups -OCH3 is 4. The van der Waals surface area contributed by atoms with Gasteiger partial charge in [-0.15, -0.1) is 0 Å². The molecule has 0 amide bonds. The standard InChI is InChI=1S/C26H24N2O3.C19H18N2O3/c1-29-24-11-7-6-10-22(24)23-16-21(27-18-28-23)14-20-12-13-25(26(15-20)30-2)31-17-19-8-4-3-5-9-19;1-23-18-6-4-3-5-15(18)16-11-14(20-12-21-16)9-13-7-8-17(22)19(10-13)24-2/h3-13,15-16,18H,14,17H2,1-2H3;3-8,10-12,22H,9H2,1-2H3. The van der Waals surface area contributed by atoms with Crippen LogP contribution in [0, 0.1) is 0 Å². The molecule has 0 aliphatic carbocycles. The number of aromatic nitrogens is 4. The molecule has 1 N–H and O–H groups in total. The lowest BCUT2D eigenvalue weighted by atomic mass is 10.1. The molecule has 0 aliphatic rings. The summed E-state index contributed by atoms with van der Waals surface area (Å²) in [6.07, 6.45) is 4.40. The van der Waals surface area contributed by atoms with Crippen LogP contribution < -0.4 is 23.7 Å². The Labute approximate surface area is 321 Å². The van der Waals surface area contributed by atoms with Crippen molar-refractivity contribution in [3.8, 4) is 57.0 Å². The van der Waals surface area contributed by atoms with Crippen molar-refractivity contribution in [2.45, 2.75) is 19.4 Å². The van der Waals surface area contributed by atoms with Crippen molar-refractivity contribution in [3.05, 3.63) is 168 Å². The summed E-state index contributed by atoms with van der Waals surface area (Å²) in [6, 6.07) is 40.8. The molecule has 0 saturated heterocycles. The Bertz CT molecular complexity index is 2320. The SMILES string of the molecule is COc1cc(Cc2cc(-c3ccccc3OC)ncn2)ccc1O.COc1cc(Cc2cc(-c3ccccc3OC)ncn2)ccc1OCc1ccccc1. The molecule has 10 heteroatoms. The Morgan fingerprint density at radius 1 is 0.436 bits per heavy atom. The molecule has 7 rings (SSSR count). The van der Waals surface area contributed by atoms with Gasteiger partial charge in [-0.2, -0.15) is 0 Å². The maximum Gasteiger partial charge on any atom is 0.161 e. The number of hydrogen-bond acceptors (Lipinski definition) is 10. The van der Waals surface area contributed by atoms with Crippen LogP contribution in [0.5, 0.6) is 34.5 Å². The molecule has 0 saturated carbocycles. The van der Waals surface area contributed by atoms with Gasteiger partial charge in [0.25, 0.3) is 0 Å². The van der Waals surface area contributed by atoms with Gasteiger partial charge in [-0.05, 0) is 77.4 Å². The first-order valence-electron chi connectivity index (χ1n) is 17.6. The number of phenolic OH excluding ortho intramolecular Hbond substituents is 1. The number of nitrogens with zero attached hydrogens (tertiary/aromatic N) is 4. The van der Waals surface area contributed by atoms with Crippen molar-refractivity contribution in [2.24, 2.45) is 0 Å². The maximum absolute atomic E-state index is 9.69. The molecule has 278 valence electrons. The molecule has 5 aromatic carbocycles. The number of para-hydroxylation sites is 2. The monoisotopic (exact) mass is 734 g/mol. The van der Waals surface area contributed by atoms with Gasteiger partial charge in [-0.25, -0.2) is 19.9 Å². The van der Waals surface area contributed by atoms with Crippen LogP contribution in [0.15, 0.2) is 140 Å². The molecular weight excluding hydrogens is 693 g/mol. The molecule has 0 fully saturated rings. The van der Waals surface area contributed by atoms with E-state index >= 15 is 0 Å². The molecule has 7 aromatic rings. The highest BCUT2D eigenvalue weighted by molar-refractivity contribution is 5.68. The van der Waals surface area contributed by atoms with Crippen LogP contribution in [0.2, 0.25) is 0 Å². The second-order valence-electron chi connectivity index (χ2n) is 12.3. The number of ether oxygens (including phenoxy) is 5. The number of phenols is 1. The molecule has 2 aromatic heterocycles. The van der Waals surface area contributed by atoms with Crippen molar-refractivity contribution >= 4 is 0 Å². The second kappa shape index (κ2) is 18.7. The van der Waals surface area contributed by atoms with Gasteiger partial charge in [0.05, 0.1) is 39.8 Å². The zero-order valence-electron chi connectivity index (χ0n) is 31.2. The van der Waals surface area contributed by atoms with E-state index in [2.05, 4.69) is 19.9 Å². The zero-order chi connectivity index (χ0) is 38.4. The zero-order valence-corrected chi connectivity index (χ0v) is 31.2. The molecule has 10 nitrogen and oxygen atoms in total. The lowest BCUT2D eigenvalue weighted by Crippen LogP contribution is -2.00. The van der Waals surface area contributed by atoms with E-state index in [-0.39, 0.29) is 5.75 Å². The third kappa shape index (κ3) is 9.94. The van der Waals surface area contributed by atoms with E-state index < -0.39 is 0 Å². The summed E-state index contributed by atoms with van der Waals surface area (Å²) in [7, 11) is 6.49. The Hall–Kier alpha value is -6.94. The molecule has 0 atom stereocenters. The number of aromatic hydroxyl groups is 1. The van der Waals surface area contributed by atoms with Gasteiger partial charge in [-0.1, -0.05) is 66.7 Å². The minimum atomic E-state index is 0.124. The van der Waals surface area contributed by atoms with Crippen LogP contribution in [0.3, 0.4) is 0 Å². The lowest BCUT2D eigenvalue weighted by molar-refractivity contribution is 0.284. The molecule has 0 aliphatic heterocycles. The van der Waals surface area contributed by atoms with E-state index in [4.69, 9.17) is 23.7 Å². The number of hydrogen-bond donors (Lipinski definition) is 1. The highest BCUT2D eigenvalue weighted by atomic mass is 16.5. The highest BCUT2D eigenvalue weighted by Gasteiger charge is 2.12. The van der Waals surface area contributed by atoms with Gasteiger partial charge in [0.2, 0.25) is 0 Å². The van der Waals surface area contributed by atoms with Crippen molar-refractivity contribution in [1.82, 2.24) is 19.9 Å². The van der Waals surface area contributed by atoms with Gasteiger partial charge in [-0.3, -0.25) is 0 Å². The summed E-state index contributed by atoms with van der Waals surface area (Å²) >= 11 is 0.